The fraction of sp³-hybridized carbons (Fsp3) is 0.333. The van der Waals surface area contributed by atoms with Crippen molar-refractivity contribution in [1.82, 2.24) is 0 Å². The van der Waals surface area contributed by atoms with Gasteiger partial charge in [-0.25, -0.2) is 13.2 Å². The monoisotopic (exact) mass is 260 g/mol. The normalized spacial score (nSPS) is 12.2. The Balaban J connectivity index is 2.85. The summed E-state index contributed by atoms with van der Waals surface area (Å²) in [5, 5.41) is 8.51. The van der Waals surface area contributed by atoms with Crippen LogP contribution >= 0.6 is 0 Å². The summed E-state index contributed by atoms with van der Waals surface area (Å²) in [5.41, 5.74) is -0.564. The Labute approximate surface area is 101 Å². The number of carboxylic acid groups (broad SMARTS) is 1. The SMILES string of the molecule is CC(CC(=O)O)CC(=O)c1cc(F)c(F)cc1F. The van der Waals surface area contributed by atoms with E-state index in [9.17, 15) is 22.8 Å². The van der Waals surface area contributed by atoms with Gasteiger partial charge >= 0.3 is 5.97 Å². The lowest BCUT2D eigenvalue weighted by atomic mass is 9.97. The molecule has 1 atom stereocenters. The third kappa shape index (κ3) is 3.58. The third-order valence-electron chi connectivity index (χ3n) is 2.37. The predicted octanol–water partition coefficient (Wildman–Crippen LogP) is 2.79. The number of benzene rings is 1. The summed E-state index contributed by atoms with van der Waals surface area (Å²) < 4.78 is 38.8. The molecule has 1 aromatic rings. The van der Waals surface area contributed by atoms with Crippen molar-refractivity contribution in [3.63, 3.8) is 0 Å². The Kier molecular flexibility index (Phi) is 4.47. The highest BCUT2D eigenvalue weighted by Gasteiger charge is 2.19. The summed E-state index contributed by atoms with van der Waals surface area (Å²) >= 11 is 0. The first kappa shape index (κ1) is 14.2. The molecule has 0 heterocycles. The molecule has 0 aliphatic heterocycles. The number of carboxylic acids is 1. The minimum absolute atomic E-state index is 0.242. The number of hydrogen-bond acceptors (Lipinski definition) is 2. The average Bonchev–Trinajstić information content (AvgIpc) is 2.21. The lowest BCUT2D eigenvalue weighted by molar-refractivity contribution is -0.137. The summed E-state index contributed by atoms with van der Waals surface area (Å²) in [6.45, 7) is 1.50. The van der Waals surface area contributed by atoms with Crippen LogP contribution in [0.4, 0.5) is 13.2 Å². The summed E-state index contributed by atoms with van der Waals surface area (Å²) in [5.74, 6) is -6.18. The molecular formula is C12H11F3O3. The van der Waals surface area contributed by atoms with Gasteiger partial charge in [0.2, 0.25) is 0 Å². The zero-order chi connectivity index (χ0) is 13.9. The largest absolute Gasteiger partial charge is 0.481 e. The molecule has 1 N–H and O–H groups in total. The highest BCUT2D eigenvalue weighted by molar-refractivity contribution is 5.96. The van der Waals surface area contributed by atoms with Crippen LogP contribution < -0.4 is 0 Å². The van der Waals surface area contributed by atoms with E-state index in [1.165, 1.54) is 6.92 Å². The van der Waals surface area contributed by atoms with Crippen molar-refractivity contribution in [3.8, 4) is 0 Å². The number of carbonyl (C=O) groups is 2. The van der Waals surface area contributed by atoms with Crippen molar-refractivity contribution < 1.29 is 27.9 Å². The maximum absolute atomic E-state index is 13.2. The molecule has 18 heavy (non-hydrogen) atoms. The van der Waals surface area contributed by atoms with E-state index in [2.05, 4.69) is 0 Å². The number of hydrogen-bond donors (Lipinski definition) is 1. The molecule has 1 unspecified atom stereocenters. The number of rotatable bonds is 5. The number of Topliss-reactive ketones (excluding diaryl/α,β-unsaturated/α-hetero) is 1. The van der Waals surface area contributed by atoms with Crippen molar-refractivity contribution >= 4 is 11.8 Å². The maximum atomic E-state index is 13.2. The highest BCUT2D eigenvalue weighted by atomic mass is 19.2. The van der Waals surface area contributed by atoms with E-state index in [1.807, 2.05) is 0 Å². The fourth-order valence-electron chi connectivity index (χ4n) is 1.53. The van der Waals surface area contributed by atoms with Crippen molar-refractivity contribution in [2.45, 2.75) is 19.8 Å². The van der Waals surface area contributed by atoms with Gasteiger partial charge in [-0.05, 0) is 12.0 Å². The van der Waals surface area contributed by atoms with Crippen LogP contribution in [0.15, 0.2) is 12.1 Å². The molecule has 6 heteroatoms. The van der Waals surface area contributed by atoms with Gasteiger partial charge in [0.1, 0.15) is 5.82 Å². The first-order chi connectivity index (χ1) is 8.31. The zero-order valence-corrected chi connectivity index (χ0v) is 9.54. The van der Waals surface area contributed by atoms with Crippen LogP contribution in [0.2, 0.25) is 0 Å². The standard InChI is InChI=1S/C12H11F3O3/c1-6(3-12(17)18)2-11(16)7-4-9(14)10(15)5-8(7)13/h4-6H,2-3H2,1H3,(H,17,18). The van der Waals surface area contributed by atoms with Crippen LogP contribution in [0.5, 0.6) is 0 Å². The van der Waals surface area contributed by atoms with Gasteiger partial charge in [-0.1, -0.05) is 6.92 Å². The van der Waals surface area contributed by atoms with E-state index in [0.29, 0.717) is 12.1 Å². The second-order valence-electron chi connectivity index (χ2n) is 4.08. The molecule has 0 radical (unpaired) electrons. The van der Waals surface area contributed by atoms with E-state index in [-0.39, 0.29) is 12.8 Å². The first-order valence-electron chi connectivity index (χ1n) is 5.20. The topological polar surface area (TPSA) is 54.4 Å². The summed E-state index contributed by atoms with van der Waals surface area (Å²) in [7, 11) is 0. The average molecular weight is 260 g/mol. The lowest BCUT2D eigenvalue weighted by Gasteiger charge is -2.08. The van der Waals surface area contributed by atoms with Crippen molar-refractivity contribution in [2.75, 3.05) is 0 Å². The van der Waals surface area contributed by atoms with Crippen molar-refractivity contribution in [2.24, 2.45) is 5.92 Å². The van der Waals surface area contributed by atoms with Gasteiger partial charge in [0.25, 0.3) is 0 Å². The summed E-state index contributed by atoms with van der Waals surface area (Å²) in [6, 6.07) is 0.783. The molecule has 0 saturated carbocycles. The Bertz CT molecular complexity index is 486. The number of aliphatic carboxylic acids is 1. The molecule has 0 aromatic heterocycles. The van der Waals surface area contributed by atoms with Crippen molar-refractivity contribution in [1.29, 1.82) is 0 Å². The number of carbonyl (C=O) groups excluding carboxylic acids is 1. The van der Waals surface area contributed by atoms with Gasteiger partial charge in [-0.2, -0.15) is 0 Å². The van der Waals surface area contributed by atoms with Gasteiger partial charge in [0.05, 0.1) is 5.56 Å². The summed E-state index contributed by atoms with van der Waals surface area (Å²) in [4.78, 5) is 22.0. The fourth-order valence-corrected chi connectivity index (χ4v) is 1.53. The lowest BCUT2D eigenvalue weighted by Crippen LogP contribution is -2.12. The minimum atomic E-state index is -1.37. The maximum Gasteiger partial charge on any atom is 0.303 e. The molecule has 3 nitrogen and oxygen atoms in total. The molecule has 1 rings (SSSR count). The zero-order valence-electron chi connectivity index (χ0n) is 9.54. The van der Waals surface area contributed by atoms with Crippen LogP contribution in [-0.2, 0) is 4.79 Å². The number of halogens is 3. The van der Waals surface area contributed by atoms with Crippen LogP contribution in [0.1, 0.15) is 30.1 Å². The molecule has 0 aliphatic rings. The van der Waals surface area contributed by atoms with Crippen LogP contribution in [-0.4, -0.2) is 16.9 Å². The first-order valence-corrected chi connectivity index (χ1v) is 5.20. The van der Waals surface area contributed by atoms with Gasteiger partial charge in [-0.3, -0.25) is 9.59 Å². The molecular weight excluding hydrogens is 249 g/mol. The molecule has 0 amide bonds. The summed E-state index contributed by atoms with van der Waals surface area (Å²) in [6.07, 6.45) is -0.495. The van der Waals surface area contributed by atoms with E-state index in [0.717, 1.165) is 0 Å². The quantitative estimate of drug-likeness (QED) is 0.654. The van der Waals surface area contributed by atoms with Crippen molar-refractivity contribution in [3.05, 3.63) is 35.1 Å². The highest BCUT2D eigenvalue weighted by Crippen LogP contribution is 2.18. The molecule has 0 bridgehead atoms. The van der Waals surface area contributed by atoms with E-state index >= 15 is 0 Å². The Morgan fingerprint density at radius 3 is 2.22 bits per heavy atom. The van der Waals surface area contributed by atoms with Gasteiger partial charge in [-0.15, -0.1) is 0 Å². The van der Waals surface area contributed by atoms with Gasteiger partial charge in [0, 0.05) is 18.9 Å². The second kappa shape index (κ2) is 5.66. The van der Waals surface area contributed by atoms with Crippen LogP contribution in [0.3, 0.4) is 0 Å². The smallest absolute Gasteiger partial charge is 0.303 e. The van der Waals surface area contributed by atoms with Crippen LogP contribution in [0, 0.1) is 23.4 Å². The molecule has 0 aliphatic carbocycles. The predicted molar refractivity (Wildman–Crippen MR) is 56.7 cm³/mol. The molecule has 0 fully saturated rings. The van der Waals surface area contributed by atoms with E-state index < -0.39 is 40.7 Å². The molecule has 0 saturated heterocycles. The van der Waals surface area contributed by atoms with E-state index in [4.69, 9.17) is 5.11 Å². The molecule has 98 valence electrons. The van der Waals surface area contributed by atoms with Gasteiger partial charge in [0.15, 0.2) is 17.4 Å². The number of ketones is 1. The van der Waals surface area contributed by atoms with Crippen LogP contribution in [0.25, 0.3) is 0 Å². The Morgan fingerprint density at radius 2 is 1.67 bits per heavy atom. The Morgan fingerprint density at radius 1 is 1.11 bits per heavy atom. The molecule has 0 spiro atoms. The third-order valence-corrected chi connectivity index (χ3v) is 2.37. The van der Waals surface area contributed by atoms with E-state index in [1.54, 1.807) is 0 Å². The van der Waals surface area contributed by atoms with Gasteiger partial charge < -0.3 is 5.11 Å². The molecule has 1 aromatic carbocycles. The minimum Gasteiger partial charge on any atom is -0.481 e. The second-order valence-corrected chi connectivity index (χ2v) is 4.08. The Hall–Kier alpha value is -1.85.